The summed E-state index contributed by atoms with van der Waals surface area (Å²) in [6.45, 7) is 1.87. The highest BCUT2D eigenvalue weighted by Gasteiger charge is 2.51. The van der Waals surface area contributed by atoms with Crippen LogP contribution in [0.4, 0.5) is 5.69 Å². The Morgan fingerprint density at radius 1 is 1.10 bits per heavy atom. The molecule has 1 N–H and O–H groups in total. The van der Waals surface area contributed by atoms with Crippen LogP contribution < -0.4 is 0 Å². The van der Waals surface area contributed by atoms with Gasteiger partial charge < -0.3 is 9.84 Å². The topological polar surface area (TPSA) is 58.9 Å². The molecule has 0 unspecified atom stereocenters. The molecular weight excluding hydrogens is 374 g/mol. The Kier molecular flexibility index (Phi) is 4.68. The Morgan fingerprint density at radius 3 is 2.40 bits per heavy atom. The van der Waals surface area contributed by atoms with Crippen LogP contribution in [0.3, 0.4) is 0 Å². The second-order valence-electron chi connectivity index (χ2n) is 9.67. The summed E-state index contributed by atoms with van der Waals surface area (Å²) in [4.78, 5) is 16.6. The molecule has 0 amide bonds. The highest BCUT2D eigenvalue weighted by Crippen LogP contribution is 2.60. The number of esters is 1. The molecule has 4 bridgehead atoms. The van der Waals surface area contributed by atoms with Crippen molar-refractivity contribution in [2.75, 3.05) is 7.11 Å². The molecule has 6 rings (SSSR count). The van der Waals surface area contributed by atoms with E-state index in [2.05, 4.69) is 17.1 Å². The number of benzene rings is 2. The number of nitrogens with zero attached hydrogens (tertiary/aromatic N) is 1. The molecule has 156 valence electrons. The molecule has 4 fully saturated rings. The lowest BCUT2D eigenvalue weighted by Crippen LogP contribution is -2.48. The van der Waals surface area contributed by atoms with Gasteiger partial charge in [0.25, 0.3) is 0 Å². The van der Waals surface area contributed by atoms with Crippen LogP contribution in [0.1, 0.15) is 65.6 Å². The molecule has 2 aromatic rings. The first kappa shape index (κ1) is 19.3. The van der Waals surface area contributed by atoms with Gasteiger partial charge in [-0.1, -0.05) is 12.1 Å². The molecule has 4 aliphatic carbocycles. The fraction of sp³-hybridized carbons (Fsp3) is 0.462. The van der Waals surface area contributed by atoms with Gasteiger partial charge in [0.05, 0.1) is 18.4 Å². The zero-order valence-electron chi connectivity index (χ0n) is 17.7. The Labute approximate surface area is 178 Å². The zero-order valence-corrected chi connectivity index (χ0v) is 17.7. The minimum absolute atomic E-state index is 0.244. The number of carbonyl (C=O) groups excluding carboxylic acids is 1. The molecule has 0 aliphatic heterocycles. The summed E-state index contributed by atoms with van der Waals surface area (Å²) in [5, 5.41) is 10.5. The van der Waals surface area contributed by atoms with Crippen molar-refractivity contribution in [3.63, 3.8) is 0 Å². The van der Waals surface area contributed by atoms with Crippen LogP contribution in [0.25, 0.3) is 0 Å². The molecule has 4 nitrogen and oxygen atoms in total. The number of rotatable bonds is 4. The van der Waals surface area contributed by atoms with E-state index in [1.165, 1.54) is 51.2 Å². The van der Waals surface area contributed by atoms with Gasteiger partial charge in [-0.3, -0.25) is 4.99 Å². The van der Waals surface area contributed by atoms with Crippen LogP contribution in [0.15, 0.2) is 41.4 Å². The van der Waals surface area contributed by atoms with Crippen molar-refractivity contribution in [3.05, 3.63) is 58.7 Å². The first-order valence-corrected chi connectivity index (χ1v) is 11.0. The van der Waals surface area contributed by atoms with Gasteiger partial charge in [0.15, 0.2) is 0 Å². The van der Waals surface area contributed by atoms with Gasteiger partial charge in [0.2, 0.25) is 0 Å². The van der Waals surface area contributed by atoms with Gasteiger partial charge in [0, 0.05) is 11.8 Å². The number of carbonyl (C=O) groups is 1. The average Bonchev–Trinajstić information content (AvgIpc) is 2.72. The third kappa shape index (κ3) is 3.23. The van der Waals surface area contributed by atoms with E-state index >= 15 is 0 Å². The predicted molar refractivity (Wildman–Crippen MR) is 118 cm³/mol. The van der Waals surface area contributed by atoms with Gasteiger partial charge in [-0.2, -0.15) is 0 Å². The third-order valence-corrected chi connectivity index (χ3v) is 7.73. The summed E-state index contributed by atoms with van der Waals surface area (Å²) < 4.78 is 4.86. The van der Waals surface area contributed by atoms with E-state index in [0.29, 0.717) is 11.3 Å². The molecule has 0 aromatic heterocycles. The van der Waals surface area contributed by atoms with E-state index in [1.54, 1.807) is 18.3 Å². The third-order valence-electron chi connectivity index (χ3n) is 7.73. The lowest BCUT2D eigenvalue weighted by molar-refractivity contribution is -0.00520. The Balaban J connectivity index is 1.46. The smallest absolute Gasteiger partial charge is 0.338 e. The fourth-order valence-electron chi connectivity index (χ4n) is 6.69. The number of hydrogen-bond donors (Lipinski definition) is 1. The lowest BCUT2D eigenvalue weighted by atomic mass is 9.48. The first-order chi connectivity index (χ1) is 14.5. The van der Waals surface area contributed by atoms with Crippen molar-refractivity contribution in [3.8, 4) is 5.75 Å². The Hall–Kier alpha value is -2.62. The minimum Gasteiger partial charge on any atom is -0.507 e. The second-order valence-corrected chi connectivity index (χ2v) is 9.67. The van der Waals surface area contributed by atoms with E-state index in [9.17, 15) is 9.90 Å². The first-order valence-electron chi connectivity index (χ1n) is 11.0. The van der Waals surface area contributed by atoms with Crippen molar-refractivity contribution in [2.45, 2.75) is 50.9 Å². The largest absolute Gasteiger partial charge is 0.507 e. The summed E-state index contributed by atoms with van der Waals surface area (Å²) in [5.74, 6) is 2.52. The number of aromatic hydroxyl groups is 1. The molecule has 0 spiro atoms. The van der Waals surface area contributed by atoms with Crippen LogP contribution >= 0.6 is 0 Å². The second kappa shape index (κ2) is 7.26. The van der Waals surface area contributed by atoms with Crippen molar-refractivity contribution in [1.29, 1.82) is 0 Å². The molecular formula is C26H29NO3. The summed E-state index contributed by atoms with van der Waals surface area (Å²) in [6.07, 6.45) is 9.86. The van der Waals surface area contributed by atoms with Gasteiger partial charge in [-0.15, -0.1) is 0 Å². The van der Waals surface area contributed by atoms with E-state index in [1.807, 2.05) is 19.1 Å². The summed E-state index contributed by atoms with van der Waals surface area (Å²) in [6, 6.07) is 11.5. The van der Waals surface area contributed by atoms with E-state index in [-0.39, 0.29) is 17.1 Å². The standard InChI is InChI=1S/C26H29NO3/c1-16-22(25(29)30-2)4-3-5-23(16)27-15-20-11-21(6-7-24(20)28)26-12-17-8-18(13-26)10-19(9-17)14-26/h3-7,11,15,17-19,28H,8-10,12-14H2,1-2H3. The van der Waals surface area contributed by atoms with Gasteiger partial charge in [-0.05, 0) is 104 Å². The van der Waals surface area contributed by atoms with E-state index < -0.39 is 0 Å². The molecule has 0 saturated heterocycles. The van der Waals surface area contributed by atoms with Gasteiger partial charge in [0.1, 0.15) is 5.75 Å². The van der Waals surface area contributed by atoms with Crippen molar-refractivity contribution < 1.29 is 14.6 Å². The van der Waals surface area contributed by atoms with Crippen LogP contribution in [-0.2, 0) is 10.2 Å². The highest BCUT2D eigenvalue weighted by molar-refractivity contribution is 5.93. The number of hydrogen-bond acceptors (Lipinski definition) is 4. The van der Waals surface area contributed by atoms with E-state index in [4.69, 9.17) is 4.74 Å². The molecule has 2 aromatic carbocycles. The van der Waals surface area contributed by atoms with Crippen LogP contribution in [0.2, 0.25) is 0 Å². The molecule has 0 heterocycles. The fourth-order valence-corrected chi connectivity index (χ4v) is 6.69. The maximum Gasteiger partial charge on any atom is 0.338 e. The molecule has 4 aliphatic rings. The maximum atomic E-state index is 12.0. The van der Waals surface area contributed by atoms with Crippen molar-refractivity contribution >= 4 is 17.9 Å². The zero-order chi connectivity index (χ0) is 20.9. The molecule has 0 atom stereocenters. The molecule has 30 heavy (non-hydrogen) atoms. The lowest BCUT2D eigenvalue weighted by Gasteiger charge is -2.57. The number of phenolic OH excluding ortho intramolecular Hbond substituents is 1. The number of aliphatic imine (C=N–C) groups is 1. The molecule has 4 saturated carbocycles. The normalized spacial score (nSPS) is 29.5. The monoisotopic (exact) mass is 403 g/mol. The Bertz CT molecular complexity index is 988. The quantitative estimate of drug-likeness (QED) is 0.526. The number of ether oxygens (including phenoxy) is 1. The maximum absolute atomic E-state index is 12.0. The van der Waals surface area contributed by atoms with Crippen molar-refractivity contribution in [2.24, 2.45) is 22.7 Å². The highest BCUT2D eigenvalue weighted by atomic mass is 16.5. The number of phenols is 1. The minimum atomic E-state index is -0.365. The summed E-state index contributed by atoms with van der Waals surface area (Å²) in [5.41, 5.74) is 4.38. The van der Waals surface area contributed by atoms with Gasteiger partial charge >= 0.3 is 5.97 Å². The van der Waals surface area contributed by atoms with E-state index in [0.717, 1.165) is 28.9 Å². The SMILES string of the molecule is COC(=O)c1cccc(N=Cc2cc(C34CC5CC(CC(C5)C3)C4)ccc2O)c1C. The Morgan fingerprint density at radius 2 is 1.77 bits per heavy atom. The molecule has 0 radical (unpaired) electrons. The van der Waals surface area contributed by atoms with Crippen molar-refractivity contribution in [1.82, 2.24) is 0 Å². The average molecular weight is 404 g/mol. The predicted octanol–water partition coefficient (Wildman–Crippen LogP) is 5.71. The molecule has 4 heteroatoms. The van der Waals surface area contributed by atoms with Crippen LogP contribution in [-0.4, -0.2) is 24.4 Å². The summed E-state index contributed by atoms with van der Waals surface area (Å²) in [7, 11) is 1.38. The summed E-state index contributed by atoms with van der Waals surface area (Å²) >= 11 is 0. The van der Waals surface area contributed by atoms with Crippen LogP contribution in [0, 0.1) is 24.7 Å². The number of methoxy groups -OCH3 is 1. The van der Waals surface area contributed by atoms with Gasteiger partial charge in [-0.25, -0.2) is 4.79 Å². The van der Waals surface area contributed by atoms with Crippen LogP contribution in [0.5, 0.6) is 5.75 Å².